The fraction of sp³-hybridized carbons (Fsp3) is 0.200. The van der Waals surface area contributed by atoms with Gasteiger partial charge in [0.1, 0.15) is 5.94 Å². The molecule has 0 saturated heterocycles. The molecule has 1 aromatic rings. The molecule has 0 bridgehead atoms. The smallest absolute Gasteiger partial charge is 0.308 e. The molecule has 15 heavy (non-hydrogen) atoms. The van der Waals surface area contributed by atoms with Crippen LogP contribution < -0.4 is 0 Å². The van der Waals surface area contributed by atoms with Crippen molar-refractivity contribution >= 4 is 18.9 Å². The highest BCUT2D eigenvalue weighted by Gasteiger charge is 2.30. The van der Waals surface area contributed by atoms with Gasteiger partial charge in [-0.2, -0.15) is 0 Å². The Hall–Kier alpha value is -1.18. The van der Waals surface area contributed by atoms with Crippen LogP contribution in [0.15, 0.2) is 30.3 Å². The zero-order valence-corrected chi connectivity index (χ0v) is 9.36. The van der Waals surface area contributed by atoms with Crippen molar-refractivity contribution in [1.29, 1.82) is 0 Å². The lowest BCUT2D eigenvalue weighted by atomic mass is 10.2. The highest BCUT2D eigenvalue weighted by Crippen LogP contribution is 2.57. The van der Waals surface area contributed by atoms with E-state index >= 15 is 0 Å². The monoisotopic (exact) mass is 226 g/mol. The average Bonchev–Trinajstić information content (AvgIpc) is 2.31. The Morgan fingerprint density at radius 3 is 2.13 bits per heavy atom. The highest BCUT2D eigenvalue weighted by molar-refractivity contribution is 7.65. The second kappa shape index (κ2) is 5.06. The van der Waals surface area contributed by atoms with Crippen molar-refractivity contribution < 1.29 is 18.4 Å². The SMILES string of the molecule is COP(=O)(OC)C(=C=O)c1ccccc1. The van der Waals surface area contributed by atoms with Gasteiger partial charge in [-0.25, -0.2) is 4.79 Å². The standard InChI is InChI=1S/C10H11O4P/c1-13-15(12,14-2)10(8-11)9-6-4-3-5-7-9/h3-7H,1-2H3. The first-order chi connectivity index (χ1) is 7.18. The Bertz CT molecular complexity index is 412. The lowest BCUT2D eigenvalue weighted by molar-refractivity contribution is 0.288. The third-order valence-electron chi connectivity index (χ3n) is 1.90. The zero-order valence-electron chi connectivity index (χ0n) is 8.47. The summed E-state index contributed by atoms with van der Waals surface area (Å²) in [5, 5.41) is -0.0897. The molecule has 5 heteroatoms. The van der Waals surface area contributed by atoms with E-state index in [1.165, 1.54) is 14.2 Å². The van der Waals surface area contributed by atoms with Crippen molar-refractivity contribution in [1.82, 2.24) is 0 Å². The molecular weight excluding hydrogens is 215 g/mol. The number of hydrogen-bond acceptors (Lipinski definition) is 4. The summed E-state index contributed by atoms with van der Waals surface area (Å²) in [6.45, 7) is 0. The summed E-state index contributed by atoms with van der Waals surface area (Å²) >= 11 is 0. The van der Waals surface area contributed by atoms with Crippen LogP contribution in [-0.2, 0) is 18.4 Å². The summed E-state index contributed by atoms with van der Waals surface area (Å²) < 4.78 is 21.4. The van der Waals surface area contributed by atoms with E-state index in [2.05, 4.69) is 0 Å². The number of carbonyl (C=O) groups excluding carboxylic acids is 1. The van der Waals surface area contributed by atoms with E-state index < -0.39 is 7.60 Å². The minimum atomic E-state index is -3.52. The minimum Gasteiger partial charge on any atom is -0.308 e. The summed E-state index contributed by atoms with van der Waals surface area (Å²) in [6, 6.07) is 8.52. The molecule has 0 unspecified atom stereocenters. The van der Waals surface area contributed by atoms with Gasteiger partial charge in [0, 0.05) is 19.8 Å². The molecule has 0 aliphatic rings. The van der Waals surface area contributed by atoms with Crippen LogP contribution >= 0.6 is 7.60 Å². The van der Waals surface area contributed by atoms with E-state index in [0.29, 0.717) is 5.56 Å². The molecule has 0 amide bonds. The van der Waals surface area contributed by atoms with Crippen molar-refractivity contribution in [3.8, 4) is 0 Å². The molecule has 0 aliphatic heterocycles. The van der Waals surface area contributed by atoms with Gasteiger partial charge in [-0.1, -0.05) is 30.3 Å². The summed E-state index contributed by atoms with van der Waals surface area (Å²) in [5.74, 6) is 1.61. The van der Waals surface area contributed by atoms with Crippen LogP contribution in [0.3, 0.4) is 0 Å². The Kier molecular flexibility index (Phi) is 4.01. The average molecular weight is 226 g/mol. The minimum absolute atomic E-state index is 0.0897. The van der Waals surface area contributed by atoms with E-state index in [-0.39, 0.29) is 5.31 Å². The fourth-order valence-electron chi connectivity index (χ4n) is 1.13. The summed E-state index contributed by atoms with van der Waals surface area (Å²) in [7, 11) is -1.07. The maximum absolute atomic E-state index is 11.9. The van der Waals surface area contributed by atoms with Crippen molar-refractivity contribution in [2.24, 2.45) is 0 Å². The predicted octanol–water partition coefficient (Wildman–Crippen LogP) is 2.35. The van der Waals surface area contributed by atoms with E-state index in [1.807, 2.05) is 0 Å². The van der Waals surface area contributed by atoms with Crippen molar-refractivity contribution in [3.63, 3.8) is 0 Å². The van der Waals surface area contributed by atoms with Crippen LogP contribution in [0.2, 0.25) is 0 Å². The Balaban J connectivity index is 3.23. The van der Waals surface area contributed by atoms with Crippen molar-refractivity contribution in [2.75, 3.05) is 14.2 Å². The molecule has 1 rings (SSSR count). The summed E-state index contributed by atoms with van der Waals surface area (Å²) in [6.07, 6.45) is 0. The van der Waals surface area contributed by atoms with Gasteiger partial charge in [0.05, 0.1) is 0 Å². The first-order valence-corrected chi connectivity index (χ1v) is 5.75. The lowest BCUT2D eigenvalue weighted by Crippen LogP contribution is -1.93. The molecule has 0 aromatic heterocycles. The third kappa shape index (κ3) is 2.44. The van der Waals surface area contributed by atoms with Gasteiger partial charge in [-0.05, 0) is 0 Å². The van der Waals surface area contributed by atoms with Gasteiger partial charge in [-0.3, -0.25) is 4.57 Å². The highest BCUT2D eigenvalue weighted by atomic mass is 31.2. The maximum atomic E-state index is 11.9. The van der Waals surface area contributed by atoms with Gasteiger partial charge in [-0.15, -0.1) is 0 Å². The largest absolute Gasteiger partial charge is 0.372 e. The molecule has 1 aromatic carbocycles. The summed E-state index contributed by atoms with van der Waals surface area (Å²) in [5.41, 5.74) is 0.486. The summed E-state index contributed by atoms with van der Waals surface area (Å²) in [4.78, 5) is 10.8. The number of rotatable bonds is 4. The molecule has 0 radical (unpaired) electrons. The molecule has 0 atom stereocenters. The molecule has 4 nitrogen and oxygen atoms in total. The zero-order chi connectivity index (χ0) is 11.3. The molecule has 80 valence electrons. The molecule has 0 saturated carbocycles. The quantitative estimate of drug-likeness (QED) is 0.584. The second-order valence-electron chi connectivity index (χ2n) is 2.68. The van der Waals surface area contributed by atoms with E-state index in [9.17, 15) is 9.36 Å². The molecule has 0 fully saturated rings. The van der Waals surface area contributed by atoms with Crippen LogP contribution in [0, 0.1) is 0 Å². The van der Waals surface area contributed by atoms with Crippen molar-refractivity contribution in [3.05, 3.63) is 35.9 Å². The maximum Gasteiger partial charge on any atom is 0.372 e. The first-order valence-electron chi connectivity index (χ1n) is 4.20. The predicted molar refractivity (Wildman–Crippen MR) is 57.2 cm³/mol. The van der Waals surface area contributed by atoms with Gasteiger partial charge in [0.15, 0.2) is 5.31 Å². The molecule has 0 spiro atoms. The second-order valence-corrected chi connectivity index (χ2v) is 4.85. The van der Waals surface area contributed by atoms with Crippen LogP contribution in [-0.4, -0.2) is 20.2 Å². The Labute approximate surface area is 88.1 Å². The number of hydrogen-bond donors (Lipinski definition) is 0. The Morgan fingerprint density at radius 2 is 1.73 bits per heavy atom. The molecular formula is C10H11O4P. The molecule has 0 heterocycles. The number of benzene rings is 1. The van der Waals surface area contributed by atoms with Gasteiger partial charge in [0.2, 0.25) is 0 Å². The van der Waals surface area contributed by atoms with E-state index in [4.69, 9.17) is 9.05 Å². The fourth-order valence-corrected chi connectivity index (χ4v) is 2.22. The van der Waals surface area contributed by atoms with Crippen molar-refractivity contribution in [2.45, 2.75) is 0 Å². The topological polar surface area (TPSA) is 52.6 Å². The van der Waals surface area contributed by atoms with E-state index in [0.717, 1.165) is 0 Å². The van der Waals surface area contributed by atoms with Gasteiger partial charge >= 0.3 is 7.60 Å². The third-order valence-corrected chi connectivity index (χ3v) is 3.76. The van der Waals surface area contributed by atoms with Crippen LogP contribution in [0.1, 0.15) is 5.56 Å². The molecule has 0 aliphatic carbocycles. The van der Waals surface area contributed by atoms with Crippen LogP contribution in [0.4, 0.5) is 0 Å². The van der Waals surface area contributed by atoms with E-state index in [1.54, 1.807) is 36.3 Å². The van der Waals surface area contributed by atoms with Crippen LogP contribution in [0.25, 0.3) is 5.31 Å². The molecule has 0 N–H and O–H groups in total. The first kappa shape index (κ1) is 11.9. The van der Waals surface area contributed by atoms with Gasteiger partial charge in [0.25, 0.3) is 0 Å². The normalized spacial score (nSPS) is 10.8. The van der Waals surface area contributed by atoms with Gasteiger partial charge < -0.3 is 9.05 Å². The van der Waals surface area contributed by atoms with Crippen LogP contribution in [0.5, 0.6) is 0 Å². The lowest BCUT2D eigenvalue weighted by Gasteiger charge is -2.13. The Morgan fingerprint density at radius 1 is 1.20 bits per heavy atom.